The molecule has 5 nitrogen and oxygen atoms in total. The molecule has 0 radical (unpaired) electrons. The highest BCUT2D eigenvalue weighted by Crippen LogP contribution is 2.40. The summed E-state index contributed by atoms with van der Waals surface area (Å²) in [6.07, 6.45) is 8.84. The first-order chi connectivity index (χ1) is 30.1. The van der Waals surface area contributed by atoms with E-state index in [0.717, 1.165) is 94.9 Å². The summed E-state index contributed by atoms with van der Waals surface area (Å²) in [5.74, 6) is 0. The van der Waals surface area contributed by atoms with Gasteiger partial charge in [-0.3, -0.25) is 0 Å². The van der Waals surface area contributed by atoms with Crippen LogP contribution in [-0.2, 0) is 22.7 Å². The molecule has 0 spiro atoms. The Morgan fingerprint density at radius 3 is 1.06 bits per heavy atom. The van der Waals surface area contributed by atoms with Crippen molar-refractivity contribution in [2.45, 2.75) is 85.0 Å². The minimum absolute atomic E-state index is 0.00947. The fraction of sp³-hybridized carbons (Fsp3) is 0.224. The second-order valence-corrected chi connectivity index (χ2v) is 20.0. The molecule has 0 atom stereocenters. The van der Waals surface area contributed by atoms with Crippen molar-refractivity contribution in [3.8, 4) is 50.6 Å². The quantitative estimate of drug-likeness (QED) is 0.181. The number of aromatic amines is 2. The Labute approximate surface area is 372 Å². The highest BCUT2D eigenvalue weighted by atomic mass is 14.8. The van der Waals surface area contributed by atoms with E-state index < -0.39 is 0 Å². The predicted molar refractivity (Wildman–Crippen MR) is 266 cm³/mol. The Morgan fingerprint density at radius 2 is 0.730 bits per heavy atom. The number of nitriles is 1. The van der Waals surface area contributed by atoms with Crippen LogP contribution in [0.3, 0.4) is 0 Å². The average molecular weight is 822 g/mol. The van der Waals surface area contributed by atoms with Gasteiger partial charge in [-0.2, -0.15) is 5.26 Å². The van der Waals surface area contributed by atoms with Crippen molar-refractivity contribution < 1.29 is 0 Å². The number of benzene rings is 4. The van der Waals surface area contributed by atoms with Gasteiger partial charge in [-0.25, -0.2) is 9.97 Å². The summed E-state index contributed by atoms with van der Waals surface area (Å²) in [6.45, 7) is 20.2. The minimum Gasteiger partial charge on any atom is -0.354 e. The zero-order valence-electron chi connectivity index (χ0n) is 37.9. The van der Waals surface area contributed by atoms with E-state index in [1.807, 2.05) is 18.2 Å². The molecule has 0 saturated carbocycles. The van der Waals surface area contributed by atoms with Crippen molar-refractivity contribution in [3.63, 3.8) is 0 Å². The molecule has 0 aliphatic carbocycles. The van der Waals surface area contributed by atoms with Crippen molar-refractivity contribution in [1.82, 2.24) is 19.9 Å². The van der Waals surface area contributed by atoms with Gasteiger partial charge in [0.2, 0.25) is 0 Å². The average Bonchev–Trinajstić information content (AvgIpc) is 4.09. The first-order valence-corrected chi connectivity index (χ1v) is 22.0. The minimum atomic E-state index is 0.00947. The lowest BCUT2D eigenvalue weighted by Gasteiger charge is -2.19. The van der Waals surface area contributed by atoms with Gasteiger partial charge in [0, 0.05) is 44.3 Å². The highest BCUT2D eigenvalue weighted by molar-refractivity contribution is 6.00. The van der Waals surface area contributed by atoms with Gasteiger partial charge in [0.05, 0.1) is 35.3 Å². The van der Waals surface area contributed by atoms with Gasteiger partial charge in [0.25, 0.3) is 0 Å². The summed E-state index contributed by atoms with van der Waals surface area (Å²) in [5, 5.41) is 9.98. The molecule has 312 valence electrons. The van der Waals surface area contributed by atoms with E-state index in [4.69, 9.17) is 9.97 Å². The van der Waals surface area contributed by atoms with E-state index in [1.54, 1.807) is 0 Å². The summed E-state index contributed by atoms with van der Waals surface area (Å²) < 4.78 is 0. The third kappa shape index (κ3) is 7.99. The Bertz CT molecular complexity index is 3100. The molecule has 9 rings (SSSR count). The Kier molecular flexibility index (Phi) is 10.3. The molecule has 2 aliphatic rings. The maximum atomic E-state index is 9.98. The summed E-state index contributed by atoms with van der Waals surface area (Å²) in [6, 6.07) is 46.1. The van der Waals surface area contributed by atoms with Crippen LogP contribution < -0.4 is 0 Å². The van der Waals surface area contributed by atoms with Crippen molar-refractivity contribution in [2.75, 3.05) is 0 Å². The van der Waals surface area contributed by atoms with Crippen LogP contribution in [0.1, 0.15) is 107 Å². The monoisotopic (exact) mass is 821 g/mol. The summed E-state index contributed by atoms with van der Waals surface area (Å²) in [5.41, 5.74) is 20.2. The first kappa shape index (κ1) is 41.3. The van der Waals surface area contributed by atoms with Gasteiger partial charge in [0.1, 0.15) is 0 Å². The standard InChI is InChI=1S/C58H55N5/c1-56(2,3)40-20-14-37(15-21-40)52-44-26-28-46(60-44)53(38-16-22-41(23-17-38)57(4,5)6)48-30-32-50(62-48)55(43-13-11-10-12-36(43)34-35-59)51-33-31-49(63-51)54(47-29-27-45(52)61-47)39-18-24-42(25-19-39)58(7,8)9/h10-33,60,63H,34H2,1-9H3. The van der Waals surface area contributed by atoms with Crippen LogP contribution in [0.15, 0.2) is 121 Å². The van der Waals surface area contributed by atoms with Crippen LogP contribution >= 0.6 is 0 Å². The molecule has 2 N–H and O–H groups in total. The van der Waals surface area contributed by atoms with Gasteiger partial charge in [-0.15, -0.1) is 0 Å². The van der Waals surface area contributed by atoms with Crippen LogP contribution in [0.2, 0.25) is 0 Å². The predicted octanol–water partition coefficient (Wildman–Crippen LogP) is 15.3. The van der Waals surface area contributed by atoms with E-state index in [2.05, 4.69) is 206 Å². The second-order valence-electron chi connectivity index (χ2n) is 20.0. The number of hydrogen-bond acceptors (Lipinski definition) is 3. The molecule has 8 bridgehead atoms. The molecular formula is C58H55N5. The Balaban J connectivity index is 1.44. The molecule has 0 amide bonds. The van der Waals surface area contributed by atoms with Gasteiger partial charge < -0.3 is 9.97 Å². The van der Waals surface area contributed by atoms with Crippen LogP contribution in [0.25, 0.3) is 90.9 Å². The number of nitrogens with zero attached hydrogens (tertiary/aromatic N) is 3. The zero-order chi connectivity index (χ0) is 44.3. The number of nitrogens with one attached hydrogen (secondary N) is 2. The summed E-state index contributed by atoms with van der Waals surface area (Å²) in [4.78, 5) is 18.8. The van der Waals surface area contributed by atoms with E-state index in [-0.39, 0.29) is 22.7 Å². The molecule has 63 heavy (non-hydrogen) atoms. The van der Waals surface area contributed by atoms with Crippen molar-refractivity contribution in [1.29, 1.82) is 5.26 Å². The van der Waals surface area contributed by atoms with Crippen molar-refractivity contribution in [2.24, 2.45) is 0 Å². The number of rotatable bonds is 5. The number of fused-ring (bicyclic) bond motifs is 8. The van der Waals surface area contributed by atoms with Gasteiger partial charge >= 0.3 is 0 Å². The first-order valence-electron chi connectivity index (χ1n) is 22.0. The normalized spacial score (nSPS) is 12.8. The van der Waals surface area contributed by atoms with Gasteiger partial charge in [-0.1, -0.05) is 159 Å². The lowest BCUT2D eigenvalue weighted by Crippen LogP contribution is -2.10. The van der Waals surface area contributed by atoms with Crippen LogP contribution in [0, 0.1) is 11.3 Å². The number of aromatic nitrogens is 4. The smallest absolute Gasteiger partial charge is 0.0737 e. The lowest BCUT2D eigenvalue weighted by atomic mass is 9.86. The molecule has 0 fully saturated rings. The highest BCUT2D eigenvalue weighted by Gasteiger charge is 2.22. The van der Waals surface area contributed by atoms with Crippen molar-refractivity contribution >= 4 is 46.4 Å². The third-order valence-corrected chi connectivity index (χ3v) is 12.4. The second kappa shape index (κ2) is 15.7. The molecule has 5 heteroatoms. The maximum absolute atomic E-state index is 9.98. The van der Waals surface area contributed by atoms with E-state index >= 15 is 0 Å². The van der Waals surface area contributed by atoms with E-state index in [0.29, 0.717) is 0 Å². The largest absolute Gasteiger partial charge is 0.354 e. The summed E-state index contributed by atoms with van der Waals surface area (Å²) in [7, 11) is 0. The Morgan fingerprint density at radius 1 is 0.413 bits per heavy atom. The van der Waals surface area contributed by atoms with Crippen LogP contribution in [0.4, 0.5) is 0 Å². The lowest BCUT2D eigenvalue weighted by molar-refractivity contribution is 0.590. The fourth-order valence-corrected chi connectivity index (χ4v) is 8.81. The molecule has 0 saturated heterocycles. The fourth-order valence-electron chi connectivity index (χ4n) is 8.81. The van der Waals surface area contributed by atoms with E-state index in [9.17, 15) is 5.26 Å². The molecule has 7 aromatic rings. The molecule has 0 unspecified atom stereocenters. The van der Waals surface area contributed by atoms with Gasteiger partial charge in [0.15, 0.2) is 0 Å². The maximum Gasteiger partial charge on any atom is 0.0737 e. The number of hydrogen-bond donors (Lipinski definition) is 2. The third-order valence-electron chi connectivity index (χ3n) is 12.4. The SMILES string of the molecule is CC(C)(C)c1ccc(-c2c3nc(c(-c4ccc(C(C)(C)C)cc4)c4ccc([nH]4)c(-c4ccccc4CC#N)c4nc(c(-c5ccc(C(C)(C)C)cc5)c5ccc2[nH]5)C=C4)C=C3)cc1. The van der Waals surface area contributed by atoms with Gasteiger partial charge in [-0.05, 0) is 109 Å². The van der Waals surface area contributed by atoms with Crippen molar-refractivity contribution in [3.05, 3.63) is 166 Å². The molecule has 2 aliphatic heterocycles. The molecule has 4 aromatic carbocycles. The summed E-state index contributed by atoms with van der Waals surface area (Å²) >= 11 is 0. The van der Waals surface area contributed by atoms with Crippen LogP contribution in [0.5, 0.6) is 0 Å². The zero-order valence-corrected chi connectivity index (χ0v) is 37.9. The van der Waals surface area contributed by atoms with Crippen LogP contribution in [-0.4, -0.2) is 19.9 Å². The Hall–Kier alpha value is -7.03. The molecule has 5 heterocycles. The molecular weight excluding hydrogens is 767 g/mol. The van der Waals surface area contributed by atoms with E-state index in [1.165, 1.54) is 16.7 Å². The number of H-pyrrole nitrogens is 2. The topological polar surface area (TPSA) is 81.2 Å². The molecule has 3 aromatic heterocycles.